The van der Waals surface area contributed by atoms with Gasteiger partial charge in [0.15, 0.2) is 0 Å². The maximum atomic E-state index is 12.3. The van der Waals surface area contributed by atoms with E-state index in [9.17, 15) is 14.7 Å². The van der Waals surface area contributed by atoms with Gasteiger partial charge in [-0.05, 0) is 44.6 Å². The van der Waals surface area contributed by atoms with Crippen LogP contribution in [0.1, 0.15) is 25.7 Å². The Morgan fingerprint density at radius 1 is 1.27 bits per heavy atom. The van der Waals surface area contributed by atoms with Gasteiger partial charge in [-0.25, -0.2) is 9.79 Å². The van der Waals surface area contributed by atoms with Crippen molar-refractivity contribution in [2.24, 2.45) is 10.9 Å². The Hall–Kier alpha value is -1.71. The van der Waals surface area contributed by atoms with Crippen LogP contribution < -0.4 is 0 Å². The average molecular weight is 402 g/mol. The summed E-state index contributed by atoms with van der Waals surface area (Å²) in [6, 6.07) is 3.13. The zero-order valence-electron chi connectivity index (χ0n) is 15.1. The molecule has 0 amide bonds. The largest absolute Gasteiger partial charge is 0.467 e. The Balaban J connectivity index is 3.34. The summed E-state index contributed by atoms with van der Waals surface area (Å²) in [7, 11) is 0. The molecule has 0 aliphatic rings. The van der Waals surface area contributed by atoms with E-state index in [1.165, 1.54) is 41.9 Å². The SMILES string of the molecule is CCOC(=O)/C(=C/[C@H](C(=O)OCC)[C@H](O)c1ccco1)N=C(SC)SC. The van der Waals surface area contributed by atoms with Crippen molar-refractivity contribution >= 4 is 39.8 Å². The molecule has 7 nitrogen and oxygen atoms in total. The van der Waals surface area contributed by atoms with E-state index in [1.54, 1.807) is 19.9 Å². The number of aliphatic hydroxyl groups excluding tert-OH is 1. The Morgan fingerprint density at radius 3 is 2.42 bits per heavy atom. The van der Waals surface area contributed by atoms with Gasteiger partial charge in [-0.15, -0.1) is 23.5 Å². The molecule has 0 saturated heterocycles. The number of aliphatic imine (C=N–C) groups is 1. The van der Waals surface area contributed by atoms with Gasteiger partial charge in [-0.3, -0.25) is 4.79 Å². The first kappa shape index (κ1) is 22.3. The van der Waals surface area contributed by atoms with Gasteiger partial charge in [0, 0.05) is 0 Å². The van der Waals surface area contributed by atoms with Gasteiger partial charge < -0.3 is 19.0 Å². The van der Waals surface area contributed by atoms with Gasteiger partial charge in [0.05, 0.1) is 19.5 Å². The molecule has 1 heterocycles. The molecule has 1 aromatic rings. The van der Waals surface area contributed by atoms with Gasteiger partial charge in [-0.2, -0.15) is 0 Å². The minimum absolute atomic E-state index is 0.0748. The van der Waals surface area contributed by atoms with Crippen LogP contribution in [-0.4, -0.2) is 47.1 Å². The number of hydrogen-bond donors (Lipinski definition) is 1. The van der Waals surface area contributed by atoms with Crippen LogP contribution in [0.2, 0.25) is 0 Å². The highest BCUT2D eigenvalue weighted by molar-refractivity contribution is 8.38. The second kappa shape index (κ2) is 11.8. The van der Waals surface area contributed by atoms with E-state index in [0.29, 0.717) is 4.38 Å². The zero-order valence-corrected chi connectivity index (χ0v) is 16.8. The molecule has 0 saturated carbocycles. The van der Waals surface area contributed by atoms with Crippen LogP contribution in [-0.2, 0) is 19.1 Å². The van der Waals surface area contributed by atoms with Crippen molar-refractivity contribution in [3.63, 3.8) is 0 Å². The lowest BCUT2D eigenvalue weighted by Gasteiger charge is -2.17. The van der Waals surface area contributed by atoms with E-state index in [4.69, 9.17) is 13.9 Å². The van der Waals surface area contributed by atoms with E-state index < -0.39 is 24.0 Å². The number of carbonyl (C=O) groups is 2. The molecule has 1 N–H and O–H groups in total. The van der Waals surface area contributed by atoms with E-state index >= 15 is 0 Å². The molecule has 26 heavy (non-hydrogen) atoms. The van der Waals surface area contributed by atoms with Crippen LogP contribution in [0.5, 0.6) is 0 Å². The zero-order chi connectivity index (χ0) is 19.5. The van der Waals surface area contributed by atoms with Crippen molar-refractivity contribution in [3.05, 3.63) is 35.9 Å². The fraction of sp³-hybridized carbons (Fsp3) is 0.471. The molecular formula is C17H23NO6S2. The third-order valence-electron chi connectivity index (χ3n) is 3.12. The Morgan fingerprint density at radius 2 is 1.92 bits per heavy atom. The smallest absolute Gasteiger partial charge is 0.356 e. The number of rotatable bonds is 8. The first-order valence-electron chi connectivity index (χ1n) is 7.92. The Bertz CT molecular complexity index is 636. The van der Waals surface area contributed by atoms with E-state index in [0.717, 1.165) is 0 Å². The van der Waals surface area contributed by atoms with Crippen molar-refractivity contribution in [2.45, 2.75) is 20.0 Å². The number of carbonyl (C=O) groups excluding carboxylic acids is 2. The highest BCUT2D eigenvalue weighted by Gasteiger charge is 2.31. The molecule has 1 aromatic heterocycles. The van der Waals surface area contributed by atoms with Crippen LogP contribution in [0.25, 0.3) is 0 Å². The van der Waals surface area contributed by atoms with Crippen LogP contribution in [0.3, 0.4) is 0 Å². The van der Waals surface area contributed by atoms with E-state index in [-0.39, 0.29) is 24.7 Å². The van der Waals surface area contributed by atoms with Crippen molar-refractivity contribution in [1.29, 1.82) is 0 Å². The predicted molar refractivity (Wildman–Crippen MR) is 103 cm³/mol. The normalized spacial score (nSPS) is 13.7. The molecule has 0 spiro atoms. The number of aliphatic hydroxyl groups is 1. The van der Waals surface area contributed by atoms with E-state index in [2.05, 4.69) is 4.99 Å². The third kappa shape index (κ3) is 6.54. The topological polar surface area (TPSA) is 98.3 Å². The van der Waals surface area contributed by atoms with Gasteiger partial charge in [0.25, 0.3) is 0 Å². The molecule has 2 atom stereocenters. The highest BCUT2D eigenvalue weighted by atomic mass is 32.2. The maximum Gasteiger partial charge on any atom is 0.356 e. The Kier molecular flexibility index (Phi) is 10.2. The molecule has 144 valence electrons. The summed E-state index contributed by atoms with van der Waals surface area (Å²) in [6.45, 7) is 3.61. The molecular weight excluding hydrogens is 378 g/mol. The van der Waals surface area contributed by atoms with Crippen molar-refractivity contribution in [2.75, 3.05) is 25.7 Å². The van der Waals surface area contributed by atoms with Crippen molar-refractivity contribution in [3.8, 4) is 0 Å². The summed E-state index contributed by atoms with van der Waals surface area (Å²) in [6.07, 6.45) is 4.96. The van der Waals surface area contributed by atoms with Crippen LogP contribution in [0.15, 0.2) is 39.6 Å². The standard InChI is InChI=1S/C17H23NO6S2/c1-5-22-15(20)11(14(19)13-8-7-9-24-13)10-12(16(21)23-6-2)18-17(25-3)26-4/h7-11,14,19H,5-6H2,1-4H3/b12-10-/t11-,14-/m0/s1. The molecule has 0 unspecified atom stereocenters. The first-order valence-corrected chi connectivity index (χ1v) is 10.4. The molecule has 0 radical (unpaired) electrons. The molecule has 0 fully saturated rings. The van der Waals surface area contributed by atoms with Gasteiger partial charge in [0.1, 0.15) is 27.9 Å². The molecule has 0 aliphatic heterocycles. The Labute approximate surface area is 161 Å². The lowest BCUT2D eigenvalue weighted by Crippen LogP contribution is -2.24. The quantitative estimate of drug-likeness (QED) is 0.307. The predicted octanol–water partition coefficient (Wildman–Crippen LogP) is 3.02. The summed E-state index contributed by atoms with van der Waals surface area (Å²) in [5.41, 5.74) is -0.0748. The third-order valence-corrected chi connectivity index (χ3v) is 5.00. The number of esters is 2. The molecule has 0 aromatic carbocycles. The summed E-state index contributed by atoms with van der Waals surface area (Å²) < 4.78 is 15.8. The fourth-order valence-electron chi connectivity index (χ4n) is 1.96. The van der Waals surface area contributed by atoms with Crippen molar-refractivity contribution < 1.29 is 28.6 Å². The number of furan rings is 1. The fourth-order valence-corrected chi connectivity index (χ4v) is 3.01. The molecule has 0 bridgehead atoms. The number of thioether (sulfide) groups is 2. The molecule has 1 rings (SSSR count). The monoisotopic (exact) mass is 401 g/mol. The van der Waals surface area contributed by atoms with Gasteiger partial charge in [-0.1, -0.05) is 0 Å². The number of hydrogen-bond acceptors (Lipinski definition) is 9. The average Bonchev–Trinajstić information content (AvgIpc) is 3.16. The van der Waals surface area contributed by atoms with Crippen LogP contribution in [0.4, 0.5) is 0 Å². The summed E-state index contributed by atoms with van der Waals surface area (Å²) in [4.78, 5) is 28.9. The lowest BCUT2D eigenvalue weighted by atomic mass is 9.99. The second-order valence-electron chi connectivity index (χ2n) is 4.80. The highest BCUT2D eigenvalue weighted by Crippen LogP contribution is 2.27. The second-order valence-corrected chi connectivity index (χ2v) is 6.64. The minimum Gasteiger partial charge on any atom is -0.467 e. The molecule has 9 heteroatoms. The number of nitrogens with zero attached hydrogens (tertiary/aromatic N) is 1. The molecule has 0 aliphatic carbocycles. The summed E-state index contributed by atoms with van der Waals surface area (Å²) in [5, 5.41) is 10.5. The maximum absolute atomic E-state index is 12.3. The van der Waals surface area contributed by atoms with Gasteiger partial charge in [0.2, 0.25) is 0 Å². The van der Waals surface area contributed by atoms with Crippen molar-refractivity contribution in [1.82, 2.24) is 0 Å². The first-order chi connectivity index (χ1) is 12.5. The summed E-state index contributed by atoms with van der Waals surface area (Å²) in [5.74, 6) is -2.37. The van der Waals surface area contributed by atoms with Crippen LogP contribution in [0, 0.1) is 5.92 Å². The minimum atomic E-state index is -1.32. The lowest BCUT2D eigenvalue weighted by molar-refractivity contribution is -0.150. The van der Waals surface area contributed by atoms with Crippen LogP contribution >= 0.6 is 23.5 Å². The van der Waals surface area contributed by atoms with E-state index in [1.807, 2.05) is 12.5 Å². The summed E-state index contributed by atoms with van der Waals surface area (Å²) >= 11 is 2.71. The number of ether oxygens (including phenoxy) is 2. The van der Waals surface area contributed by atoms with Gasteiger partial charge >= 0.3 is 11.9 Å².